The van der Waals surface area contributed by atoms with Gasteiger partial charge >= 0.3 is 5.97 Å². The van der Waals surface area contributed by atoms with Gasteiger partial charge in [0.2, 0.25) is 0 Å². The molecule has 1 aromatic heterocycles. The molecule has 2 heterocycles. The van der Waals surface area contributed by atoms with Crippen molar-refractivity contribution in [3.63, 3.8) is 0 Å². The first-order chi connectivity index (χ1) is 10.1. The molecule has 0 atom stereocenters. The summed E-state index contributed by atoms with van der Waals surface area (Å²) in [6.45, 7) is 0. The van der Waals surface area contributed by atoms with E-state index in [2.05, 4.69) is 4.99 Å². The molecule has 7 heteroatoms. The number of nitro benzene ring substituents is 1. The third-order valence-corrected chi connectivity index (χ3v) is 2.76. The van der Waals surface area contributed by atoms with Gasteiger partial charge in [-0.15, -0.1) is 0 Å². The Morgan fingerprint density at radius 3 is 2.57 bits per heavy atom. The summed E-state index contributed by atoms with van der Waals surface area (Å²) in [5, 5.41) is 10.6. The average Bonchev–Trinajstić information content (AvgIpc) is 3.10. The van der Waals surface area contributed by atoms with Crippen LogP contribution in [-0.4, -0.2) is 16.8 Å². The summed E-state index contributed by atoms with van der Waals surface area (Å²) >= 11 is 0. The van der Waals surface area contributed by atoms with E-state index in [1.54, 1.807) is 12.1 Å². The summed E-state index contributed by atoms with van der Waals surface area (Å²) in [4.78, 5) is 25.8. The topological polar surface area (TPSA) is 94.9 Å². The highest BCUT2D eigenvalue weighted by molar-refractivity contribution is 6.11. The molecule has 0 saturated heterocycles. The molecule has 0 aliphatic carbocycles. The minimum Gasteiger partial charge on any atom is -0.459 e. The predicted octanol–water partition coefficient (Wildman–Crippen LogP) is 2.53. The molecule has 0 radical (unpaired) electrons. The SMILES string of the molecule is O=C1OC(c2ccco2)=N/C1=C\c1ccc([N+](=O)[O-])cc1. The first-order valence-electron chi connectivity index (χ1n) is 5.94. The highest BCUT2D eigenvalue weighted by atomic mass is 16.6. The molecular formula is C14H8N2O5. The van der Waals surface area contributed by atoms with Crippen molar-refractivity contribution in [1.29, 1.82) is 0 Å². The molecule has 1 aromatic carbocycles. The first-order valence-corrected chi connectivity index (χ1v) is 5.94. The zero-order valence-corrected chi connectivity index (χ0v) is 10.6. The molecule has 1 aliphatic heterocycles. The van der Waals surface area contributed by atoms with E-state index >= 15 is 0 Å². The quantitative estimate of drug-likeness (QED) is 0.373. The van der Waals surface area contributed by atoms with Crippen LogP contribution in [0.25, 0.3) is 6.08 Å². The highest BCUT2D eigenvalue weighted by Gasteiger charge is 2.25. The van der Waals surface area contributed by atoms with Gasteiger partial charge in [-0.3, -0.25) is 10.1 Å². The molecular weight excluding hydrogens is 276 g/mol. The highest BCUT2D eigenvalue weighted by Crippen LogP contribution is 2.20. The number of furan rings is 1. The van der Waals surface area contributed by atoms with E-state index in [1.807, 2.05) is 0 Å². The first kappa shape index (κ1) is 12.8. The number of carbonyl (C=O) groups excluding carboxylic acids is 1. The molecule has 0 spiro atoms. The van der Waals surface area contributed by atoms with E-state index in [0.29, 0.717) is 11.3 Å². The number of esters is 1. The van der Waals surface area contributed by atoms with Gasteiger partial charge in [0.15, 0.2) is 11.5 Å². The van der Waals surface area contributed by atoms with Crippen LogP contribution in [0.3, 0.4) is 0 Å². The summed E-state index contributed by atoms with van der Waals surface area (Å²) < 4.78 is 10.1. The van der Waals surface area contributed by atoms with Crippen molar-refractivity contribution in [2.24, 2.45) is 4.99 Å². The van der Waals surface area contributed by atoms with Gasteiger partial charge in [0.1, 0.15) is 0 Å². The van der Waals surface area contributed by atoms with Crippen molar-refractivity contribution >= 4 is 23.6 Å². The third kappa shape index (κ3) is 2.57. The summed E-state index contributed by atoms with van der Waals surface area (Å²) in [5.74, 6) is -0.145. The maximum atomic E-state index is 11.7. The van der Waals surface area contributed by atoms with Crippen LogP contribution in [-0.2, 0) is 9.53 Å². The number of hydrogen-bond acceptors (Lipinski definition) is 6. The number of nitro groups is 1. The van der Waals surface area contributed by atoms with Crippen LogP contribution >= 0.6 is 0 Å². The molecule has 1 aliphatic rings. The normalized spacial score (nSPS) is 15.9. The van der Waals surface area contributed by atoms with Gasteiger partial charge in [-0.25, -0.2) is 9.79 Å². The number of nitrogens with zero attached hydrogens (tertiary/aromatic N) is 2. The maximum Gasteiger partial charge on any atom is 0.363 e. The van der Waals surface area contributed by atoms with Gasteiger partial charge in [-0.05, 0) is 35.9 Å². The molecule has 0 fully saturated rings. The summed E-state index contributed by atoms with van der Waals surface area (Å²) in [7, 11) is 0. The molecule has 0 unspecified atom stereocenters. The largest absolute Gasteiger partial charge is 0.459 e. The summed E-state index contributed by atoms with van der Waals surface area (Å²) in [5.41, 5.74) is 0.693. The standard InChI is InChI=1S/C14H8N2O5/c17-14-11(15-13(21-14)12-2-1-7-20-12)8-9-3-5-10(6-4-9)16(18)19/h1-8H/b11-8-. The minimum atomic E-state index is -0.597. The van der Waals surface area contributed by atoms with Crippen LogP contribution in [0.5, 0.6) is 0 Å². The lowest BCUT2D eigenvalue weighted by Crippen LogP contribution is -2.04. The van der Waals surface area contributed by atoms with Crippen LogP contribution in [0, 0.1) is 10.1 Å². The average molecular weight is 284 g/mol. The Labute approximate surface area is 118 Å². The zero-order valence-electron chi connectivity index (χ0n) is 10.6. The smallest absolute Gasteiger partial charge is 0.363 e. The fourth-order valence-corrected chi connectivity index (χ4v) is 1.76. The van der Waals surface area contributed by atoms with Crippen LogP contribution in [0.4, 0.5) is 5.69 Å². The Balaban J connectivity index is 1.89. The minimum absolute atomic E-state index is 0.0223. The molecule has 0 saturated carbocycles. The van der Waals surface area contributed by atoms with E-state index in [4.69, 9.17) is 9.15 Å². The summed E-state index contributed by atoms with van der Waals surface area (Å²) in [6, 6.07) is 9.04. The summed E-state index contributed by atoms with van der Waals surface area (Å²) in [6.07, 6.45) is 2.94. The Morgan fingerprint density at radius 2 is 1.95 bits per heavy atom. The van der Waals surface area contributed by atoms with Gasteiger partial charge < -0.3 is 9.15 Å². The fourth-order valence-electron chi connectivity index (χ4n) is 1.76. The van der Waals surface area contributed by atoms with Crippen molar-refractivity contribution in [2.75, 3.05) is 0 Å². The monoisotopic (exact) mass is 284 g/mol. The lowest BCUT2D eigenvalue weighted by atomic mass is 10.2. The van der Waals surface area contributed by atoms with E-state index in [1.165, 1.54) is 36.6 Å². The third-order valence-electron chi connectivity index (χ3n) is 2.76. The van der Waals surface area contributed by atoms with Crippen molar-refractivity contribution in [2.45, 2.75) is 0 Å². The second-order valence-electron chi connectivity index (χ2n) is 4.16. The van der Waals surface area contributed by atoms with Crippen LogP contribution < -0.4 is 0 Å². The number of carbonyl (C=O) groups is 1. The Hall–Kier alpha value is -3.22. The Kier molecular flexibility index (Phi) is 3.07. The fraction of sp³-hybridized carbons (Fsp3) is 0. The van der Waals surface area contributed by atoms with E-state index in [0.717, 1.165) is 0 Å². The molecule has 7 nitrogen and oxygen atoms in total. The van der Waals surface area contributed by atoms with Gasteiger partial charge in [0, 0.05) is 12.1 Å². The van der Waals surface area contributed by atoms with Crippen LogP contribution in [0.2, 0.25) is 0 Å². The molecule has 0 N–H and O–H groups in total. The van der Waals surface area contributed by atoms with Crippen molar-refractivity contribution in [3.8, 4) is 0 Å². The lowest BCUT2D eigenvalue weighted by molar-refractivity contribution is -0.384. The van der Waals surface area contributed by atoms with Gasteiger partial charge in [-0.1, -0.05) is 0 Å². The van der Waals surface area contributed by atoms with Gasteiger partial charge in [-0.2, -0.15) is 0 Å². The number of ether oxygens (including phenoxy) is 1. The number of benzene rings is 1. The van der Waals surface area contributed by atoms with Crippen LogP contribution in [0.1, 0.15) is 11.3 Å². The Bertz CT molecular complexity index is 757. The van der Waals surface area contributed by atoms with Crippen LogP contribution in [0.15, 0.2) is 57.8 Å². The molecule has 0 bridgehead atoms. The van der Waals surface area contributed by atoms with Crippen molar-refractivity contribution in [3.05, 3.63) is 69.8 Å². The molecule has 3 rings (SSSR count). The second-order valence-corrected chi connectivity index (χ2v) is 4.16. The predicted molar refractivity (Wildman–Crippen MR) is 72.4 cm³/mol. The molecule has 104 valence electrons. The lowest BCUT2D eigenvalue weighted by Gasteiger charge is -1.94. The molecule has 0 amide bonds. The number of cyclic esters (lactones) is 1. The zero-order chi connectivity index (χ0) is 14.8. The number of aliphatic imine (C=N–C) groups is 1. The van der Waals surface area contributed by atoms with Crippen molar-refractivity contribution in [1.82, 2.24) is 0 Å². The second kappa shape index (κ2) is 5.04. The van der Waals surface area contributed by atoms with Crippen molar-refractivity contribution < 1.29 is 18.9 Å². The molecule has 2 aromatic rings. The van der Waals surface area contributed by atoms with E-state index < -0.39 is 10.9 Å². The van der Waals surface area contributed by atoms with E-state index in [-0.39, 0.29) is 17.3 Å². The van der Waals surface area contributed by atoms with Gasteiger partial charge in [0.05, 0.1) is 11.2 Å². The Morgan fingerprint density at radius 1 is 1.19 bits per heavy atom. The van der Waals surface area contributed by atoms with E-state index in [9.17, 15) is 14.9 Å². The number of non-ortho nitro benzene ring substituents is 1. The maximum absolute atomic E-state index is 11.7. The number of hydrogen-bond donors (Lipinski definition) is 0. The molecule has 21 heavy (non-hydrogen) atoms. The van der Waals surface area contributed by atoms with Gasteiger partial charge in [0.25, 0.3) is 11.6 Å². The number of rotatable bonds is 3.